The van der Waals surface area contributed by atoms with E-state index in [1.54, 1.807) is 6.07 Å². The van der Waals surface area contributed by atoms with Crippen molar-refractivity contribution in [1.29, 1.82) is 0 Å². The van der Waals surface area contributed by atoms with Gasteiger partial charge in [0.2, 0.25) is 0 Å². The van der Waals surface area contributed by atoms with Gasteiger partial charge in [0, 0.05) is 33.6 Å². The molecule has 1 aromatic rings. The van der Waals surface area contributed by atoms with Gasteiger partial charge in [-0.05, 0) is 43.4 Å². The summed E-state index contributed by atoms with van der Waals surface area (Å²) in [4.78, 5) is 0. The van der Waals surface area contributed by atoms with E-state index in [1.165, 1.54) is 0 Å². The highest BCUT2D eigenvalue weighted by atomic mass is 35.5. The second-order valence-corrected chi connectivity index (χ2v) is 7.62. The standard InChI is InChI=1S/C18H24Cl3NO/c1-2-3-4-5-6-15-16(18(23)10-17(15)21)11-22-14-8-12(19)7-13(20)9-14/h4-5,7-9,15-18,22-23H,2-3,6,10-11H2,1H3/b5-4-/t15-,16-,17-,18-/m1/s1. The van der Waals surface area contributed by atoms with Gasteiger partial charge in [-0.3, -0.25) is 0 Å². The molecule has 1 aliphatic rings. The lowest BCUT2D eigenvalue weighted by molar-refractivity contribution is 0.124. The van der Waals surface area contributed by atoms with Crippen molar-refractivity contribution in [1.82, 2.24) is 0 Å². The molecule has 0 radical (unpaired) electrons. The van der Waals surface area contributed by atoms with Gasteiger partial charge < -0.3 is 10.4 Å². The van der Waals surface area contributed by atoms with E-state index in [-0.39, 0.29) is 23.3 Å². The number of hydrogen-bond acceptors (Lipinski definition) is 2. The van der Waals surface area contributed by atoms with Crippen molar-refractivity contribution in [2.75, 3.05) is 11.9 Å². The number of nitrogens with one attached hydrogen (secondary N) is 1. The molecule has 2 rings (SSSR count). The molecular weight excluding hydrogens is 353 g/mol. The van der Waals surface area contributed by atoms with E-state index < -0.39 is 0 Å². The Balaban J connectivity index is 1.97. The van der Waals surface area contributed by atoms with Crippen LogP contribution in [0.15, 0.2) is 30.4 Å². The molecule has 2 N–H and O–H groups in total. The Morgan fingerprint density at radius 2 is 1.87 bits per heavy atom. The predicted molar refractivity (Wildman–Crippen MR) is 101 cm³/mol. The van der Waals surface area contributed by atoms with E-state index in [2.05, 4.69) is 24.4 Å². The van der Waals surface area contributed by atoms with Crippen molar-refractivity contribution in [3.63, 3.8) is 0 Å². The number of alkyl halides is 1. The van der Waals surface area contributed by atoms with E-state index in [9.17, 15) is 5.11 Å². The average Bonchev–Trinajstić information content (AvgIpc) is 2.74. The molecule has 0 amide bonds. The third-order valence-electron chi connectivity index (χ3n) is 4.41. The van der Waals surface area contributed by atoms with Crippen LogP contribution in [0.5, 0.6) is 0 Å². The molecule has 5 heteroatoms. The summed E-state index contributed by atoms with van der Waals surface area (Å²) in [6.07, 6.45) is 7.83. The first kappa shape index (κ1) is 18.9. The lowest BCUT2D eigenvalue weighted by Gasteiger charge is -2.23. The topological polar surface area (TPSA) is 32.3 Å². The zero-order valence-corrected chi connectivity index (χ0v) is 15.6. The number of aliphatic hydroxyl groups excluding tert-OH is 1. The molecule has 0 aliphatic heterocycles. The van der Waals surface area contributed by atoms with Crippen LogP contribution in [0.3, 0.4) is 0 Å². The van der Waals surface area contributed by atoms with Crippen LogP contribution in [0.25, 0.3) is 0 Å². The number of rotatable bonds is 7. The lowest BCUT2D eigenvalue weighted by Crippen LogP contribution is -2.28. The SMILES string of the molecule is CCC/C=C\C[C@@H]1[C@@H](CNc2cc(Cl)cc(Cl)c2)[C@H](O)C[C@H]1Cl. The molecule has 1 saturated carbocycles. The molecule has 2 nitrogen and oxygen atoms in total. The zero-order chi connectivity index (χ0) is 16.8. The molecular formula is C18H24Cl3NO. The summed E-state index contributed by atoms with van der Waals surface area (Å²) in [5, 5.41) is 14.9. The highest BCUT2D eigenvalue weighted by Gasteiger charge is 2.40. The first-order valence-electron chi connectivity index (χ1n) is 8.18. The molecule has 0 aromatic heterocycles. The van der Waals surface area contributed by atoms with Crippen molar-refractivity contribution < 1.29 is 5.11 Å². The quantitative estimate of drug-likeness (QED) is 0.468. The minimum absolute atomic E-state index is 0.0195. The molecule has 4 atom stereocenters. The van der Waals surface area contributed by atoms with E-state index in [0.717, 1.165) is 24.9 Å². The van der Waals surface area contributed by atoms with Gasteiger partial charge in [0.25, 0.3) is 0 Å². The van der Waals surface area contributed by atoms with Crippen LogP contribution < -0.4 is 5.32 Å². The number of aliphatic hydroxyl groups is 1. The maximum Gasteiger partial charge on any atom is 0.0602 e. The number of benzene rings is 1. The Labute approximate surface area is 153 Å². The van der Waals surface area contributed by atoms with Crippen LogP contribution in [-0.2, 0) is 0 Å². The molecule has 0 unspecified atom stereocenters. The monoisotopic (exact) mass is 375 g/mol. The van der Waals surface area contributed by atoms with Crippen molar-refractivity contribution in [2.24, 2.45) is 11.8 Å². The Bertz CT molecular complexity index is 515. The van der Waals surface area contributed by atoms with E-state index in [0.29, 0.717) is 23.0 Å². The van der Waals surface area contributed by atoms with Crippen LogP contribution in [-0.4, -0.2) is 23.1 Å². The molecule has 0 spiro atoms. The summed E-state index contributed by atoms with van der Waals surface area (Å²) in [6, 6.07) is 5.38. The Morgan fingerprint density at radius 3 is 2.52 bits per heavy atom. The number of unbranched alkanes of at least 4 members (excludes halogenated alkanes) is 1. The van der Waals surface area contributed by atoms with Crippen LogP contribution in [0.2, 0.25) is 10.0 Å². The maximum atomic E-state index is 10.3. The lowest BCUT2D eigenvalue weighted by atomic mass is 9.91. The van der Waals surface area contributed by atoms with Crippen LogP contribution in [0.1, 0.15) is 32.6 Å². The Morgan fingerprint density at radius 1 is 1.17 bits per heavy atom. The third kappa shape index (κ3) is 5.56. The van der Waals surface area contributed by atoms with E-state index in [4.69, 9.17) is 34.8 Å². The van der Waals surface area contributed by atoms with Gasteiger partial charge in [-0.2, -0.15) is 0 Å². The summed E-state index contributed by atoms with van der Waals surface area (Å²) in [7, 11) is 0. The first-order chi connectivity index (χ1) is 11.0. The summed E-state index contributed by atoms with van der Waals surface area (Å²) < 4.78 is 0. The predicted octanol–water partition coefficient (Wildman–Crippen LogP) is 5.76. The molecule has 1 aromatic carbocycles. The molecule has 0 heterocycles. The highest BCUT2D eigenvalue weighted by Crippen LogP contribution is 2.39. The molecule has 0 saturated heterocycles. The number of anilines is 1. The number of halogens is 3. The van der Waals surface area contributed by atoms with Crippen LogP contribution >= 0.6 is 34.8 Å². The molecule has 1 fully saturated rings. The van der Waals surface area contributed by atoms with E-state index >= 15 is 0 Å². The fourth-order valence-electron chi connectivity index (χ4n) is 3.17. The molecule has 128 valence electrons. The largest absolute Gasteiger partial charge is 0.393 e. The van der Waals surface area contributed by atoms with Gasteiger partial charge in [0.15, 0.2) is 0 Å². The van der Waals surface area contributed by atoms with Gasteiger partial charge in [-0.1, -0.05) is 48.7 Å². The van der Waals surface area contributed by atoms with Crippen LogP contribution in [0, 0.1) is 11.8 Å². The number of hydrogen-bond donors (Lipinski definition) is 2. The smallest absolute Gasteiger partial charge is 0.0602 e. The molecule has 1 aliphatic carbocycles. The average molecular weight is 377 g/mol. The van der Waals surface area contributed by atoms with E-state index in [1.807, 2.05) is 12.1 Å². The second-order valence-electron chi connectivity index (χ2n) is 6.18. The van der Waals surface area contributed by atoms with Gasteiger partial charge >= 0.3 is 0 Å². The van der Waals surface area contributed by atoms with Crippen molar-refractivity contribution in [3.05, 3.63) is 40.4 Å². The van der Waals surface area contributed by atoms with Crippen molar-refractivity contribution >= 4 is 40.5 Å². The van der Waals surface area contributed by atoms with Crippen molar-refractivity contribution in [3.8, 4) is 0 Å². The summed E-state index contributed by atoms with van der Waals surface area (Å²) in [5.41, 5.74) is 0.869. The Hall–Kier alpha value is -0.410. The second kappa shape index (κ2) is 9.17. The third-order valence-corrected chi connectivity index (χ3v) is 5.35. The summed E-state index contributed by atoms with van der Waals surface area (Å²) >= 11 is 18.5. The van der Waals surface area contributed by atoms with Crippen molar-refractivity contribution in [2.45, 2.75) is 44.1 Å². The Kier molecular flexibility index (Phi) is 7.55. The van der Waals surface area contributed by atoms with Gasteiger partial charge in [0.1, 0.15) is 0 Å². The van der Waals surface area contributed by atoms with Gasteiger partial charge in [-0.15, -0.1) is 11.6 Å². The minimum Gasteiger partial charge on any atom is -0.393 e. The molecule has 23 heavy (non-hydrogen) atoms. The summed E-state index contributed by atoms with van der Waals surface area (Å²) in [6.45, 7) is 2.82. The van der Waals surface area contributed by atoms with Gasteiger partial charge in [-0.25, -0.2) is 0 Å². The molecule has 0 bridgehead atoms. The number of allylic oxidation sites excluding steroid dienone is 2. The zero-order valence-electron chi connectivity index (χ0n) is 13.3. The van der Waals surface area contributed by atoms with Crippen LogP contribution in [0.4, 0.5) is 5.69 Å². The highest BCUT2D eigenvalue weighted by molar-refractivity contribution is 6.35. The first-order valence-corrected chi connectivity index (χ1v) is 9.37. The normalized spacial score (nSPS) is 27.7. The fraction of sp³-hybridized carbons (Fsp3) is 0.556. The van der Waals surface area contributed by atoms with Gasteiger partial charge in [0.05, 0.1) is 6.10 Å². The fourth-order valence-corrected chi connectivity index (χ4v) is 4.17. The summed E-state index contributed by atoms with van der Waals surface area (Å²) in [5.74, 6) is 0.406. The minimum atomic E-state index is -0.371. The maximum absolute atomic E-state index is 10.3.